The number of hydrogen-bond acceptors (Lipinski definition) is 4. The van der Waals surface area contributed by atoms with E-state index in [-0.39, 0.29) is 0 Å². The number of nitrogens with one attached hydrogen (secondary N) is 1. The quantitative estimate of drug-likeness (QED) is 0.924. The molecule has 0 unspecified atom stereocenters. The highest BCUT2D eigenvalue weighted by Crippen LogP contribution is 2.32. The Kier molecular flexibility index (Phi) is 4.98. The maximum Gasteiger partial charge on any atom is 0.129 e. The summed E-state index contributed by atoms with van der Waals surface area (Å²) in [5.41, 5.74) is 0.942. The first-order chi connectivity index (χ1) is 9.02. The normalized spacial score (nSPS) is 18.6. The largest absolute Gasteiger partial charge is 0.354 e. The molecule has 0 aromatic carbocycles. The number of thioether (sulfide) groups is 1. The van der Waals surface area contributed by atoms with Crippen LogP contribution in [0.2, 0.25) is 5.02 Å². The van der Waals surface area contributed by atoms with Gasteiger partial charge in [-0.2, -0.15) is 11.8 Å². The van der Waals surface area contributed by atoms with Crippen LogP contribution in [0.4, 0.5) is 5.82 Å². The summed E-state index contributed by atoms with van der Waals surface area (Å²) in [7, 11) is 0. The Balaban J connectivity index is 2.15. The molecule has 2 rings (SSSR count). The van der Waals surface area contributed by atoms with Gasteiger partial charge < -0.3 is 10.2 Å². The fourth-order valence-corrected chi connectivity index (χ4v) is 3.51. The molecule has 0 bridgehead atoms. The van der Waals surface area contributed by atoms with Gasteiger partial charge >= 0.3 is 0 Å². The van der Waals surface area contributed by atoms with Crippen LogP contribution in [0.3, 0.4) is 0 Å². The van der Waals surface area contributed by atoms with Crippen molar-refractivity contribution in [3.63, 3.8) is 0 Å². The average Bonchev–Trinajstić information content (AvgIpc) is 2.36. The first-order valence-electron chi connectivity index (χ1n) is 6.77. The summed E-state index contributed by atoms with van der Waals surface area (Å²) in [5.74, 6) is 2.20. The standard InChI is InChI=1S/C14H22ClN3S/c1-4-16-9-12-11(15)5-6-13(17-12)18-7-8-19-14(2,3)10-18/h5-6,16H,4,7-10H2,1-3H3. The number of rotatable bonds is 4. The lowest BCUT2D eigenvalue weighted by atomic mass is 10.2. The minimum absolute atomic E-state index is 0.293. The van der Waals surface area contributed by atoms with Crippen molar-refractivity contribution in [1.29, 1.82) is 0 Å². The summed E-state index contributed by atoms with van der Waals surface area (Å²) in [4.78, 5) is 7.08. The monoisotopic (exact) mass is 299 g/mol. The summed E-state index contributed by atoms with van der Waals surface area (Å²) < 4.78 is 0.293. The second-order valence-corrected chi connectivity index (χ2v) is 7.62. The third kappa shape index (κ3) is 4.01. The Morgan fingerprint density at radius 1 is 1.47 bits per heavy atom. The Bertz CT molecular complexity index is 437. The molecule has 0 saturated carbocycles. The Labute approximate surface area is 125 Å². The number of aromatic nitrogens is 1. The average molecular weight is 300 g/mol. The van der Waals surface area contributed by atoms with E-state index in [9.17, 15) is 0 Å². The van der Waals surface area contributed by atoms with Gasteiger partial charge in [-0.1, -0.05) is 18.5 Å². The van der Waals surface area contributed by atoms with E-state index in [2.05, 4.69) is 31.0 Å². The van der Waals surface area contributed by atoms with Crippen LogP contribution in [0.1, 0.15) is 26.5 Å². The number of hydrogen-bond donors (Lipinski definition) is 1. The molecule has 0 aliphatic carbocycles. The highest BCUT2D eigenvalue weighted by atomic mass is 35.5. The van der Waals surface area contributed by atoms with E-state index >= 15 is 0 Å². The molecular formula is C14H22ClN3S. The summed E-state index contributed by atoms with van der Waals surface area (Å²) in [5, 5.41) is 4.03. The van der Waals surface area contributed by atoms with E-state index in [1.54, 1.807) is 0 Å². The van der Waals surface area contributed by atoms with Crippen LogP contribution in [0.25, 0.3) is 0 Å². The van der Waals surface area contributed by atoms with Crippen LogP contribution in [-0.4, -0.2) is 35.1 Å². The Morgan fingerprint density at radius 2 is 2.26 bits per heavy atom. The summed E-state index contributed by atoms with van der Waals surface area (Å²) >= 11 is 8.23. The topological polar surface area (TPSA) is 28.2 Å². The van der Waals surface area contributed by atoms with Crippen molar-refractivity contribution in [2.24, 2.45) is 0 Å². The zero-order valence-electron chi connectivity index (χ0n) is 11.9. The van der Waals surface area contributed by atoms with Gasteiger partial charge in [0.25, 0.3) is 0 Å². The first-order valence-corrected chi connectivity index (χ1v) is 8.13. The third-order valence-electron chi connectivity index (χ3n) is 3.20. The SMILES string of the molecule is CCNCc1nc(N2CCSC(C)(C)C2)ccc1Cl. The van der Waals surface area contributed by atoms with E-state index in [0.29, 0.717) is 4.75 Å². The predicted molar refractivity (Wildman–Crippen MR) is 85.4 cm³/mol. The van der Waals surface area contributed by atoms with Crippen LogP contribution in [0, 0.1) is 0 Å². The van der Waals surface area contributed by atoms with E-state index in [0.717, 1.165) is 48.5 Å². The van der Waals surface area contributed by atoms with Crippen molar-refractivity contribution in [1.82, 2.24) is 10.3 Å². The molecule has 0 spiro atoms. The second kappa shape index (κ2) is 6.33. The van der Waals surface area contributed by atoms with Gasteiger partial charge in [-0.05, 0) is 32.5 Å². The van der Waals surface area contributed by atoms with Gasteiger partial charge in [-0.15, -0.1) is 0 Å². The van der Waals surface area contributed by atoms with Crippen molar-refractivity contribution in [2.75, 3.05) is 30.3 Å². The lowest BCUT2D eigenvalue weighted by Crippen LogP contribution is -2.43. The highest BCUT2D eigenvalue weighted by Gasteiger charge is 2.27. The lowest BCUT2D eigenvalue weighted by molar-refractivity contribution is 0.638. The maximum atomic E-state index is 6.20. The summed E-state index contributed by atoms with van der Waals surface area (Å²) in [6.07, 6.45) is 0. The Hall–Kier alpha value is -0.450. The van der Waals surface area contributed by atoms with Crippen molar-refractivity contribution in [3.8, 4) is 0 Å². The number of anilines is 1. The third-order valence-corrected chi connectivity index (χ3v) is 4.84. The smallest absolute Gasteiger partial charge is 0.129 e. The Morgan fingerprint density at radius 3 is 2.95 bits per heavy atom. The molecule has 1 aliphatic rings. The van der Waals surface area contributed by atoms with Crippen LogP contribution in [0.5, 0.6) is 0 Å². The maximum absolute atomic E-state index is 6.20. The minimum atomic E-state index is 0.293. The molecule has 1 N–H and O–H groups in total. The predicted octanol–water partition coefficient (Wildman–Crippen LogP) is 3.18. The molecule has 0 amide bonds. The van der Waals surface area contributed by atoms with E-state index in [1.807, 2.05) is 23.9 Å². The molecule has 1 saturated heterocycles. The summed E-state index contributed by atoms with van der Waals surface area (Å²) in [6, 6.07) is 4.00. The fourth-order valence-electron chi connectivity index (χ4n) is 2.23. The molecule has 3 nitrogen and oxygen atoms in total. The molecule has 2 heterocycles. The molecule has 0 radical (unpaired) electrons. The molecule has 1 fully saturated rings. The summed E-state index contributed by atoms with van der Waals surface area (Å²) in [6.45, 7) is 10.4. The molecule has 1 aromatic heterocycles. The minimum Gasteiger partial charge on any atom is -0.354 e. The highest BCUT2D eigenvalue weighted by molar-refractivity contribution is 8.00. The van der Waals surface area contributed by atoms with Crippen LogP contribution < -0.4 is 10.2 Å². The molecular weight excluding hydrogens is 278 g/mol. The van der Waals surface area contributed by atoms with Crippen LogP contribution in [-0.2, 0) is 6.54 Å². The van der Waals surface area contributed by atoms with Crippen molar-refractivity contribution in [3.05, 3.63) is 22.8 Å². The number of nitrogens with zero attached hydrogens (tertiary/aromatic N) is 2. The number of pyridine rings is 1. The molecule has 106 valence electrons. The van der Waals surface area contributed by atoms with Crippen LogP contribution in [0.15, 0.2) is 12.1 Å². The van der Waals surface area contributed by atoms with Gasteiger partial charge in [0, 0.05) is 30.1 Å². The van der Waals surface area contributed by atoms with E-state index in [4.69, 9.17) is 16.6 Å². The molecule has 0 atom stereocenters. The van der Waals surface area contributed by atoms with Gasteiger partial charge in [0.15, 0.2) is 0 Å². The van der Waals surface area contributed by atoms with Crippen LogP contribution >= 0.6 is 23.4 Å². The van der Waals surface area contributed by atoms with Crippen molar-refractivity contribution < 1.29 is 0 Å². The van der Waals surface area contributed by atoms with E-state index < -0.39 is 0 Å². The molecule has 5 heteroatoms. The van der Waals surface area contributed by atoms with Gasteiger partial charge in [-0.25, -0.2) is 4.98 Å². The lowest BCUT2D eigenvalue weighted by Gasteiger charge is -2.38. The van der Waals surface area contributed by atoms with Gasteiger partial charge in [0.1, 0.15) is 5.82 Å². The zero-order chi connectivity index (χ0) is 13.9. The fraction of sp³-hybridized carbons (Fsp3) is 0.643. The zero-order valence-corrected chi connectivity index (χ0v) is 13.4. The molecule has 1 aliphatic heterocycles. The second-order valence-electron chi connectivity index (χ2n) is 5.41. The molecule has 19 heavy (non-hydrogen) atoms. The van der Waals surface area contributed by atoms with Gasteiger partial charge in [-0.3, -0.25) is 0 Å². The molecule has 1 aromatic rings. The van der Waals surface area contributed by atoms with Crippen molar-refractivity contribution in [2.45, 2.75) is 32.1 Å². The van der Waals surface area contributed by atoms with E-state index in [1.165, 1.54) is 0 Å². The van der Waals surface area contributed by atoms with Gasteiger partial charge in [0.2, 0.25) is 0 Å². The number of halogens is 1. The van der Waals surface area contributed by atoms with Crippen molar-refractivity contribution >= 4 is 29.2 Å². The first kappa shape index (κ1) is 14.9. The van der Waals surface area contributed by atoms with Gasteiger partial charge in [0.05, 0.1) is 10.7 Å².